The van der Waals surface area contributed by atoms with Gasteiger partial charge in [0, 0.05) is 18.2 Å². The molecule has 1 fully saturated rings. The number of aliphatic hydroxyl groups is 1. The number of nitrogen functional groups attached to an aromatic ring is 3. The number of carboxylic acid groups (broad SMARTS) is 1. The van der Waals surface area contributed by atoms with Crippen LogP contribution in [0.3, 0.4) is 0 Å². The maximum Gasteiger partial charge on any atom is 0.351 e. The zero-order valence-corrected chi connectivity index (χ0v) is 26.3. The number of carbonyl (C=O) groups excluding carboxylic acids is 2. The van der Waals surface area contributed by atoms with Gasteiger partial charge in [0.05, 0.1) is 11.9 Å². The molecule has 0 spiro atoms. The summed E-state index contributed by atoms with van der Waals surface area (Å²) in [5, 5.41) is 22.1. The lowest BCUT2D eigenvalue weighted by Crippen LogP contribution is -2.42. The highest BCUT2D eigenvalue weighted by Crippen LogP contribution is 2.42. The van der Waals surface area contributed by atoms with Crippen LogP contribution in [0, 0.1) is 0 Å². The Morgan fingerprint density at radius 1 is 1.10 bits per heavy atom. The zero-order valence-electron chi connectivity index (χ0n) is 26.3. The number of hydrogen-bond donors (Lipinski definition) is 6. The number of esters is 1. The Morgan fingerprint density at radius 3 is 2.50 bits per heavy atom. The fourth-order valence-electron chi connectivity index (χ4n) is 5.19. The number of aliphatic hydroxyl groups excluding tert-OH is 1. The van der Waals surface area contributed by atoms with Crippen molar-refractivity contribution in [3.05, 3.63) is 70.0 Å². The number of hydrogen-bond acceptors (Lipinski definition) is 15. The van der Waals surface area contributed by atoms with E-state index in [0.717, 1.165) is 17.8 Å². The Labute approximate surface area is 280 Å². The van der Waals surface area contributed by atoms with Crippen LogP contribution >= 0.6 is 0 Å². The molecule has 5 atom stereocenters. The van der Waals surface area contributed by atoms with Gasteiger partial charge in [0.25, 0.3) is 5.91 Å². The number of carboxylic acids is 1. The Morgan fingerprint density at radius 2 is 1.82 bits per heavy atom. The second-order valence-corrected chi connectivity index (χ2v) is 11.5. The normalized spacial score (nSPS) is 19.5. The van der Waals surface area contributed by atoms with Gasteiger partial charge < -0.3 is 42.2 Å². The lowest BCUT2D eigenvalue weighted by Gasteiger charge is -2.20. The van der Waals surface area contributed by atoms with Crippen LogP contribution in [0.1, 0.15) is 53.5 Å². The quantitative estimate of drug-likeness (QED) is 0.107. The molecule has 3 aromatic heterocycles. The third-order valence-electron chi connectivity index (χ3n) is 7.89. The summed E-state index contributed by atoms with van der Waals surface area (Å²) < 4.78 is 39.9. The fraction of sp³-hybridized carbons (Fsp3) is 0.367. The number of alkyl halides is 2. The van der Waals surface area contributed by atoms with Crippen molar-refractivity contribution in [1.82, 2.24) is 34.8 Å². The first kappa shape index (κ1) is 35.4. The predicted octanol–water partition coefficient (Wildman–Crippen LogP) is 0.170. The maximum atomic E-state index is 14.7. The molecule has 9 N–H and O–H groups in total. The van der Waals surface area contributed by atoms with Crippen LogP contribution in [0.2, 0.25) is 0 Å². The van der Waals surface area contributed by atoms with Gasteiger partial charge in [0.1, 0.15) is 24.6 Å². The summed E-state index contributed by atoms with van der Waals surface area (Å²) in [6, 6.07) is 6.02. The number of benzene rings is 1. The molecule has 4 aromatic rings. The molecule has 5 rings (SSSR count). The van der Waals surface area contributed by atoms with Crippen molar-refractivity contribution >= 4 is 46.6 Å². The Bertz CT molecular complexity index is 1980. The van der Waals surface area contributed by atoms with Crippen LogP contribution in [-0.4, -0.2) is 88.3 Å². The van der Waals surface area contributed by atoms with E-state index in [1.54, 1.807) is 18.3 Å². The third-order valence-corrected chi connectivity index (χ3v) is 7.89. The van der Waals surface area contributed by atoms with Crippen LogP contribution < -0.4 is 28.2 Å². The second kappa shape index (κ2) is 14.3. The Hall–Kier alpha value is -5.89. The molecule has 20 heteroatoms. The third kappa shape index (κ3) is 7.70. The molecule has 1 saturated heterocycles. The van der Waals surface area contributed by atoms with Gasteiger partial charge >= 0.3 is 23.6 Å². The van der Waals surface area contributed by atoms with Gasteiger partial charge in [-0.05, 0) is 42.5 Å². The smallest absolute Gasteiger partial charge is 0.351 e. The average molecular weight is 699 g/mol. The van der Waals surface area contributed by atoms with Crippen LogP contribution in [0.5, 0.6) is 0 Å². The van der Waals surface area contributed by atoms with Gasteiger partial charge in [-0.2, -0.15) is 23.7 Å². The number of anilines is 3. The van der Waals surface area contributed by atoms with E-state index in [9.17, 15) is 38.2 Å². The molecular weight excluding hydrogens is 666 g/mol. The summed E-state index contributed by atoms with van der Waals surface area (Å²) in [5.74, 6) is -7.30. The number of aromatic nitrogens is 6. The monoisotopic (exact) mass is 698 g/mol. The number of nitrogens with one attached hydrogen (secondary N) is 1. The highest BCUT2D eigenvalue weighted by molar-refractivity contribution is 5.96. The van der Waals surface area contributed by atoms with Crippen molar-refractivity contribution in [2.45, 2.75) is 62.5 Å². The molecule has 18 nitrogen and oxygen atoms in total. The van der Waals surface area contributed by atoms with E-state index < -0.39 is 73.4 Å². The topological polar surface area (TPSA) is 287 Å². The molecule has 3 unspecified atom stereocenters. The van der Waals surface area contributed by atoms with Gasteiger partial charge in [0.15, 0.2) is 23.1 Å². The molecule has 0 radical (unpaired) electrons. The lowest BCUT2D eigenvalue weighted by molar-refractivity contribution is -0.151. The number of fused-ring (bicyclic) bond motifs is 1. The number of aliphatic carboxylic acids is 1. The molecule has 1 aliphatic heterocycles. The molecule has 0 saturated carbocycles. The van der Waals surface area contributed by atoms with E-state index >= 15 is 0 Å². The van der Waals surface area contributed by atoms with Gasteiger partial charge in [-0.3, -0.25) is 14.2 Å². The SMILES string of the molecule is CC(Cc1cnc2nc(N)nc(N)c2n1)c1ccc(C(=O)NC(CCC(=O)OCC2O[C@@H](n3ccc(N)nc3=O)C(F)(F)[C@H]2O)C(=O)O)cc1. The number of carbonyl (C=O) groups is 3. The molecule has 50 heavy (non-hydrogen) atoms. The van der Waals surface area contributed by atoms with Crippen molar-refractivity contribution in [1.29, 1.82) is 0 Å². The summed E-state index contributed by atoms with van der Waals surface area (Å²) in [6.45, 7) is 1.11. The number of amides is 1. The molecule has 264 valence electrons. The molecule has 1 amide bonds. The van der Waals surface area contributed by atoms with Gasteiger partial charge in [-0.25, -0.2) is 19.6 Å². The first-order valence-electron chi connectivity index (χ1n) is 15.0. The summed E-state index contributed by atoms with van der Waals surface area (Å²) in [7, 11) is 0. The Balaban J connectivity index is 1.12. The summed E-state index contributed by atoms with van der Waals surface area (Å²) in [4.78, 5) is 69.1. The van der Waals surface area contributed by atoms with Crippen LogP contribution in [0.15, 0.2) is 47.5 Å². The molecule has 0 bridgehead atoms. The largest absolute Gasteiger partial charge is 0.480 e. The minimum Gasteiger partial charge on any atom is -0.480 e. The molecular formula is C30H32F2N10O8. The number of nitrogens with two attached hydrogens (primary N) is 3. The highest BCUT2D eigenvalue weighted by atomic mass is 19.3. The predicted molar refractivity (Wildman–Crippen MR) is 169 cm³/mol. The van der Waals surface area contributed by atoms with Crippen LogP contribution in [-0.2, 0) is 25.5 Å². The number of nitrogens with zero attached hydrogens (tertiary/aromatic N) is 6. The fourth-order valence-corrected chi connectivity index (χ4v) is 5.19. The summed E-state index contributed by atoms with van der Waals surface area (Å²) >= 11 is 0. The molecule has 1 aliphatic rings. The maximum absolute atomic E-state index is 14.7. The molecule has 1 aromatic carbocycles. The highest BCUT2D eigenvalue weighted by Gasteiger charge is 2.60. The van der Waals surface area contributed by atoms with Crippen molar-refractivity contribution in [2.75, 3.05) is 23.8 Å². The molecule has 4 heterocycles. The van der Waals surface area contributed by atoms with E-state index in [0.29, 0.717) is 22.2 Å². The van der Waals surface area contributed by atoms with Crippen LogP contribution in [0.25, 0.3) is 11.2 Å². The summed E-state index contributed by atoms with van der Waals surface area (Å²) in [5.41, 5.74) is 17.9. The first-order valence-corrected chi connectivity index (χ1v) is 15.0. The minimum atomic E-state index is -3.96. The van der Waals surface area contributed by atoms with Crippen LogP contribution in [0.4, 0.5) is 26.4 Å². The number of halogens is 2. The van der Waals surface area contributed by atoms with Gasteiger partial charge in [-0.1, -0.05) is 19.1 Å². The van der Waals surface area contributed by atoms with Crippen molar-refractivity contribution < 1.29 is 42.9 Å². The van der Waals surface area contributed by atoms with E-state index in [2.05, 4.69) is 30.2 Å². The van der Waals surface area contributed by atoms with Crippen molar-refractivity contribution in [2.24, 2.45) is 0 Å². The van der Waals surface area contributed by atoms with Crippen molar-refractivity contribution in [3.8, 4) is 0 Å². The molecule has 0 aliphatic carbocycles. The summed E-state index contributed by atoms with van der Waals surface area (Å²) in [6.07, 6.45) is -4.41. The Kier molecular flexibility index (Phi) is 10.1. The van der Waals surface area contributed by atoms with Gasteiger partial charge in [0.2, 0.25) is 12.2 Å². The van der Waals surface area contributed by atoms with E-state index in [-0.39, 0.29) is 34.7 Å². The number of rotatable bonds is 12. The average Bonchev–Trinajstić information content (AvgIpc) is 3.29. The standard InChI is InChI=1S/C30H32F2N10O8/c1-13(10-16-11-36-24-21(37-16)23(34)40-28(35)41-24)14-2-4-15(5-3-14)25(45)38-17(26(46)47)6-7-20(43)49-12-18-22(44)30(31,32)27(50-18)42-9-8-19(33)39-29(42)48/h2-5,8-9,11,13,17-18,22,27,44H,6-7,10,12H2,1H3,(H,38,45)(H,46,47)(H2,33,39,48)(H4,34,35,36,40,41)/t13?,17?,18?,22-,27+/m0/s1. The van der Waals surface area contributed by atoms with Gasteiger partial charge in [-0.15, -0.1) is 0 Å². The zero-order chi connectivity index (χ0) is 36.3. The lowest BCUT2D eigenvalue weighted by atomic mass is 9.95. The van der Waals surface area contributed by atoms with Crippen molar-refractivity contribution in [3.63, 3.8) is 0 Å². The number of ether oxygens (including phenoxy) is 2. The first-order chi connectivity index (χ1) is 23.6. The second-order valence-electron chi connectivity index (χ2n) is 11.5. The van der Waals surface area contributed by atoms with E-state index in [1.807, 2.05) is 6.92 Å². The van der Waals surface area contributed by atoms with E-state index in [1.165, 1.54) is 12.1 Å². The van der Waals surface area contributed by atoms with E-state index in [4.69, 9.17) is 26.7 Å². The minimum absolute atomic E-state index is 0.0140.